The molecule has 0 aliphatic carbocycles. The maximum atomic E-state index is 12.9. The van der Waals surface area contributed by atoms with Crippen LogP contribution in [0.25, 0.3) is 0 Å². The summed E-state index contributed by atoms with van der Waals surface area (Å²) in [5, 5.41) is 22.0. The fourth-order valence-corrected chi connectivity index (χ4v) is 2.03. The highest BCUT2D eigenvalue weighted by atomic mass is 79.9. The van der Waals surface area contributed by atoms with Crippen LogP contribution < -0.4 is 5.32 Å². The van der Waals surface area contributed by atoms with E-state index in [1.54, 1.807) is 18.2 Å². The molecule has 0 unspecified atom stereocenters. The number of anilines is 1. The van der Waals surface area contributed by atoms with Crippen LogP contribution in [0.3, 0.4) is 0 Å². The van der Waals surface area contributed by atoms with Gasteiger partial charge in [0.05, 0.1) is 0 Å². The monoisotopic (exact) mass is 311 g/mol. The molecule has 0 fully saturated rings. The predicted octanol–water partition coefficient (Wildman–Crippen LogP) is 3.61. The van der Waals surface area contributed by atoms with E-state index in [0.717, 1.165) is 0 Å². The first kappa shape index (κ1) is 12.7. The van der Waals surface area contributed by atoms with Crippen LogP contribution in [0.1, 0.15) is 5.56 Å². The second kappa shape index (κ2) is 5.27. The summed E-state index contributed by atoms with van der Waals surface area (Å²) in [6.07, 6.45) is 0. The summed E-state index contributed by atoms with van der Waals surface area (Å²) in [5.41, 5.74) is 1.27. The number of benzene rings is 2. The van der Waals surface area contributed by atoms with Gasteiger partial charge in [-0.25, -0.2) is 4.39 Å². The molecule has 18 heavy (non-hydrogen) atoms. The predicted molar refractivity (Wildman–Crippen MR) is 71.2 cm³/mol. The van der Waals surface area contributed by atoms with Gasteiger partial charge in [-0.1, -0.05) is 12.1 Å². The van der Waals surface area contributed by atoms with Gasteiger partial charge in [0.15, 0.2) is 11.5 Å². The summed E-state index contributed by atoms with van der Waals surface area (Å²) in [6.45, 7) is 0.324. The highest BCUT2D eigenvalue weighted by Gasteiger charge is 2.06. The average Bonchev–Trinajstić information content (AvgIpc) is 2.33. The number of phenolic OH excluding ortho intramolecular Hbond substituents is 2. The molecule has 2 rings (SSSR count). The quantitative estimate of drug-likeness (QED) is 0.759. The van der Waals surface area contributed by atoms with Crippen molar-refractivity contribution in [1.29, 1.82) is 0 Å². The highest BCUT2D eigenvalue weighted by Crippen LogP contribution is 2.30. The molecule has 0 aliphatic heterocycles. The zero-order valence-corrected chi connectivity index (χ0v) is 10.9. The van der Waals surface area contributed by atoms with E-state index >= 15 is 0 Å². The average molecular weight is 312 g/mol. The molecule has 3 N–H and O–H groups in total. The lowest BCUT2D eigenvalue weighted by Crippen LogP contribution is -2.00. The van der Waals surface area contributed by atoms with Crippen LogP contribution in [-0.2, 0) is 6.54 Å². The molecule has 2 aromatic carbocycles. The molecular formula is C13H11BrFNO2. The Morgan fingerprint density at radius 2 is 1.94 bits per heavy atom. The standard InChI is InChI=1S/C13H11BrFNO2/c14-10-6-9(15)4-5-11(10)16-7-8-2-1-3-12(17)13(8)18/h1-6,16-18H,7H2. The normalized spacial score (nSPS) is 10.3. The summed E-state index contributed by atoms with van der Waals surface area (Å²) in [7, 11) is 0. The Morgan fingerprint density at radius 3 is 2.67 bits per heavy atom. The van der Waals surface area contributed by atoms with E-state index in [9.17, 15) is 14.6 Å². The molecule has 0 radical (unpaired) electrons. The van der Waals surface area contributed by atoms with Crippen molar-refractivity contribution >= 4 is 21.6 Å². The molecule has 0 atom stereocenters. The number of rotatable bonds is 3. The van der Waals surface area contributed by atoms with Crippen molar-refractivity contribution in [3.05, 3.63) is 52.3 Å². The second-order valence-electron chi connectivity index (χ2n) is 3.76. The van der Waals surface area contributed by atoms with E-state index in [2.05, 4.69) is 21.2 Å². The summed E-state index contributed by atoms with van der Waals surface area (Å²) in [5.74, 6) is -0.636. The van der Waals surface area contributed by atoms with Crippen LogP contribution in [-0.4, -0.2) is 10.2 Å². The maximum Gasteiger partial charge on any atom is 0.162 e. The third-order valence-corrected chi connectivity index (χ3v) is 3.15. The van der Waals surface area contributed by atoms with Crippen molar-refractivity contribution in [2.45, 2.75) is 6.54 Å². The third kappa shape index (κ3) is 2.73. The Balaban J connectivity index is 2.14. The van der Waals surface area contributed by atoms with Crippen molar-refractivity contribution in [2.75, 3.05) is 5.32 Å². The molecule has 5 heteroatoms. The van der Waals surface area contributed by atoms with Gasteiger partial charge >= 0.3 is 0 Å². The van der Waals surface area contributed by atoms with Gasteiger partial charge in [0.25, 0.3) is 0 Å². The summed E-state index contributed by atoms with van der Waals surface area (Å²) in [6, 6.07) is 9.04. The molecule has 94 valence electrons. The van der Waals surface area contributed by atoms with E-state index in [1.165, 1.54) is 18.2 Å². The number of nitrogens with one attached hydrogen (secondary N) is 1. The Hall–Kier alpha value is -1.75. The van der Waals surface area contributed by atoms with Crippen LogP contribution in [0, 0.1) is 5.82 Å². The maximum absolute atomic E-state index is 12.9. The van der Waals surface area contributed by atoms with Crippen molar-refractivity contribution in [3.63, 3.8) is 0 Å². The van der Waals surface area contributed by atoms with E-state index in [1.807, 2.05) is 0 Å². The van der Waals surface area contributed by atoms with Gasteiger partial charge in [0.1, 0.15) is 5.82 Å². The second-order valence-corrected chi connectivity index (χ2v) is 4.62. The molecule has 0 amide bonds. The Morgan fingerprint density at radius 1 is 1.17 bits per heavy atom. The van der Waals surface area contributed by atoms with Crippen molar-refractivity contribution in [3.8, 4) is 11.5 Å². The molecule has 0 saturated carbocycles. The van der Waals surface area contributed by atoms with E-state index in [4.69, 9.17) is 0 Å². The van der Waals surface area contributed by atoms with Gasteiger partial charge in [0.2, 0.25) is 0 Å². The Kier molecular flexibility index (Phi) is 3.72. The minimum atomic E-state index is -0.326. The summed E-state index contributed by atoms with van der Waals surface area (Å²) in [4.78, 5) is 0. The first-order valence-electron chi connectivity index (χ1n) is 5.26. The molecule has 0 spiro atoms. The minimum absolute atomic E-state index is 0.150. The fourth-order valence-electron chi connectivity index (χ4n) is 1.54. The first-order chi connectivity index (χ1) is 8.58. The third-order valence-electron chi connectivity index (χ3n) is 2.50. The minimum Gasteiger partial charge on any atom is -0.504 e. The smallest absolute Gasteiger partial charge is 0.162 e. The summed E-state index contributed by atoms with van der Waals surface area (Å²) < 4.78 is 13.5. The van der Waals surface area contributed by atoms with Gasteiger partial charge in [-0.2, -0.15) is 0 Å². The fraction of sp³-hybridized carbons (Fsp3) is 0.0769. The van der Waals surface area contributed by atoms with Crippen LogP contribution in [0.5, 0.6) is 11.5 Å². The zero-order valence-electron chi connectivity index (χ0n) is 9.32. The van der Waals surface area contributed by atoms with Gasteiger partial charge in [-0.05, 0) is 40.2 Å². The lowest BCUT2D eigenvalue weighted by atomic mass is 10.2. The zero-order chi connectivity index (χ0) is 13.1. The molecule has 0 heterocycles. The Labute approximate surface area is 112 Å². The topological polar surface area (TPSA) is 52.5 Å². The van der Waals surface area contributed by atoms with Crippen LogP contribution in [0.15, 0.2) is 40.9 Å². The molecule has 0 aromatic heterocycles. The number of hydrogen-bond donors (Lipinski definition) is 3. The van der Waals surface area contributed by atoms with Crippen molar-refractivity contribution in [1.82, 2.24) is 0 Å². The van der Waals surface area contributed by atoms with Crippen molar-refractivity contribution < 1.29 is 14.6 Å². The molecular weight excluding hydrogens is 301 g/mol. The Bertz CT molecular complexity index is 575. The van der Waals surface area contributed by atoms with E-state index in [0.29, 0.717) is 22.3 Å². The number of aromatic hydroxyl groups is 2. The van der Waals surface area contributed by atoms with Crippen LogP contribution in [0.2, 0.25) is 0 Å². The molecule has 0 saturated heterocycles. The van der Waals surface area contributed by atoms with Crippen molar-refractivity contribution in [2.24, 2.45) is 0 Å². The number of phenols is 2. The summed E-state index contributed by atoms with van der Waals surface area (Å²) >= 11 is 3.24. The van der Waals surface area contributed by atoms with E-state index in [-0.39, 0.29) is 17.3 Å². The van der Waals surface area contributed by atoms with Gasteiger partial charge in [0, 0.05) is 22.3 Å². The SMILES string of the molecule is Oc1cccc(CNc2ccc(F)cc2Br)c1O. The van der Waals surface area contributed by atoms with Gasteiger partial charge < -0.3 is 15.5 Å². The molecule has 3 nitrogen and oxygen atoms in total. The largest absolute Gasteiger partial charge is 0.504 e. The molecule has 0 aliphatic rings. The van der Waals surface area contributed by atoms with E-state index < -0.39 is 0 Å². The molecule has 0 bridgehead atoms. The first-order valence-corrected chi connectivity index (χ1v) is 6.06. The number of halogens is 2. The molecule has 2 aromatic rings. The highest BCUT2D eigenvalue weighted by molar-refractivity contribution is 9.10. The van der Waals surface area contributed by atoms with Crippen LogP contribution >= 0.6 is 15.9 Å². The van der Waals surface area contributed by atoms with Gasteiger partial charge in [-0.15, -0.1) is 0 Å². The lowest BCUT2D eigenvalue weighted by Gasteiger charge is -2.10. The lowest BCUT2D eigenvalue weighted by molar-refractivity contribution is 0.400. The van der Waals surface area contributed by atoms with Gasteiger partial charge in [-0.3, -0.25) is 0 Å². The van der Waals surface area contributed by atoms with Crippen LogP contribution in [0.4, 0.5) is 10.1 Å². The number of para-hydroxylation sites is 1. The number of hydrogen-bond acceptors (Lipinski definition) is 3.